The molecular formula is C18H28F3IN4O. The third-order valence-corrected chi connectivity index (χ3v) is 4.23. The summed E-state index contributed by atoms with van der Waals surface area (Å²) in [5, 5.41) is 6.41. The van der Waals surface area contributed by atoms with Crippen LogP contribution in [0.2, 0.25) is 0 Å². The van der Waals surface area contributed by atoms with Gasteiger partial charge in [-0.15, -0.1) is 24.0 Å². The van der Waals surface area contributed by atoms with Gasteiger partial charge in [0.05, 0.1) is 20.2 Å². The summed E-state index contributed by atoms with van der Waals surface area (Å²) in [5.41, 5.74) is 1.03. The highest BCUT2D eigenvalue weighted by Crippen LogP contribution is 2.22. The summed E-state index contributed by atoms with van der Waals surface area (Å²) in [5.74, 6) is 1.65. The number of aliphatic imine (C=N–C) groups is 1. The van der Waals surface area contributed by atoms with Crippen molar-refractivity contribution in [3.05, 3.63) is 29.8 Å². The molecule has 1 aliphatic rings. The lowest BCUT2D eigenvalue weighted by molar-refractivity contribution is -0.143. The van der Waals surface area contributed by atoms with Gasteiger partial charge in [0.1, 0.15) is 5.75 Å². The van der Waals surface area contributed by atoms with Crippen molar-refractivity contribution in [2.24, 2.45) is 10.9 Å². The van der Waals surface area contributed by atoms with Crippen LogP contribution in [0.15, 0.2) is 29.3 Å². The van der Waals surface area contributed by atoms with E-state index in [0.717, 1.165) is 24.3 Å². The molecule has 0 amide bonds. The maximum atomic E-state index is 12.5. The first-order valence-electron chi connectivity index (χ1n) is 8.84. The first-order chi connectivity index (χ1) is 12.4. The first-order valence-corrected chi connectivity index (χ1v) is 8.84. The number of benzene rings is 1. The lowest BCUT2D eigenvalue weighted by Crippen LogP contribution is -2.40. The molecule has 9 heteroatoms. The van der Waals surface area contributed by atoms with Crippen LogP contribution in [0, 0.1) is 5.92 Å². The van der Waals surface area contributed by atoms with Gasteiger partial charge in [0.15, 0.2) is 5.96 Å². The van der Waals surface area contributed by atoms with Crippen LogP contribution in [0.4, 0.5) is 13.2 Å². The average molecular weight is 500 g/mol. The van der Waals surface area contributed by atoms with Crippen molar-refractivity contribution in [1.29, 1.82) is 0 Å². The Morgan fingerprint density at radius 3 is 2.78 bits per heavy atom. The molecule has 2 N–H and O–H groups in total. The van der Waals surface area contributed by atoms with Gasteiger partial charge in [-0.3, -0.25) is 4.90 Å². The summed E-state index contributed by atoms with van der Waals surface area (Å²) in [6.45, 7) is 3.92. The van der Waals surface area contributed by atoms with Crippen molar-refractivity contribution in [1.82, 2.24) is 15.5 Å². The van der Waals surface area contributed by atoms with Gasteiger partial charge in [0, 0.05) is 19.6 Å². The molecule has 1 aromatic rings. The van der Waals surface area contributed by atoms with Gasteiger partial charge in [-0.1, -0.05) is 12.1 Å². The predicted molar refractivity (Wildman–Crippen MR) is 112 cm³/mol. The normalized spacial score (nSPS) is 18.1. The van der Waals surface area contributed by atoms with E-state index >= 15 is 0 Å². The number of hydrogen-bond acceptors (Lipinski definition) is 3. The van der Waals surface area contributed by atoms with Gasteiger partial charge in [0.25, 0.3) is 0 Å². The smallest absolute Gasteiger partial charge is 0.401 e. The van der Waals surface area contributed by atoms with Crippen molar-refractivity contribution >= 4 is 29.9 Å². The Balaban J connectivity index is 0.00000364. The van der Waals surface area contributed by atoms with E-state index in [0.29, 0.717) is 32.1 Å². The fourth-order valence-electron chi connectivity index (χ4n) is 3.00. The van der Waals surface area contributed by atoms with Crippen molar-refractivity contribution in [2.45, 2.75) is 26.1 Å². The molecule has 5 nitrogen and oxygen atoms in total. The molecule has 2 rings (SSSR count). The van der Waals surface area contributed by atoms with Crippen LogP contribution in [0.25, 0.3) is 0 Å². The van der Waals surface area contributed by atoms with Crippen LogP contribution in [-0.4, -0.2) is 56.9 Å². The fraction of sp³-hybridized carbons (Fsp3) is 0.611. The van der Waals surface area contributed by atoms with Crippen LogP contribution in [0.3, 0.4) is 0 Å². The quantitative estimate of drug-likeness (QED) is 0.343. The Kier molecular flexibility index (Phi) is 10.2. The predicted octanol–water partition coefficient (Wildman–Crippen LogP) is 3.25. The second-order valence-corrected chi connectivity index (χ2v) is 6.43. The number of rotatable bonds is 7. The van der Waals surface area contributed by atoms with E-state index in [-0.39, 0.29) is 29.9 Å². The summed E-state index contributed by atoms with van der Waals surface area (Å²) < 4.78 is 42.6. The van der Waals surface area contributed by atoms with Crippen LogP contribution < -0.4 is 15.4 Å². The van der Waals surface area contributed by atoms with Crippen LogP contribution in [-0.2, 0) is 6.54 Å². The summed E-state index contributed by atoms with van der Waals surface area (Å²) in [6, 6.07) is 7.70. The van der Waals surface area contributed by atoms with Gasteiger partial charge in [-0.05, 0) is 43.5 Å². The Morgan fingerprint density at radius 2 is 2.11 bits per heavy atom. The average Bonchev–Trinajstić information content (AvgIpc) is 3.03. The lowest BCUT2D eigenvalue weighted by Gasteiger charge is -2.18. The monoisotopic (exact) mass is 500 g/mol. The number of hydrogen-bond donors (Lipinski definition) is 2. The third kappa shape index (κ3) is 9.00. The minimum Gasteiger partial charge on any atom is -0.497 e. The molecule has 1 aliphatic heterocycles. The molecule has 154 valence electrons. The molecule has 1 fully saturated rings. The van der Waals surface area contributed by atoms with E-state index in [9.17, 15) is 13.2 Å². The molecule has 0 radical (unpaired) electrons. The maximum absolute atomic E-state index is 12.5. The summed E-state index contributed by atoms with van der Waals surface area (Å²) in [7, 11) is 1.62. The van der Waals surface area contributed by atoms with Crippen molar-refractivity contribution < 1.29 is 17.9 Å². The summed E-state index contributed by atoms with van der Waals surface area (Å²) >= 11 is 0. The second-order valence-electron chi connectivity index (χ2n) is 6.43. The SMILES string of the molecule is CCNC(=NCc1cccc(OC)c1)NCC1CCN(CC(F)(F)F)C1.I. The molecular weight excluding hydrogens is 472 g/mol. The number of methoxy groups -OCH3 is 1. The molecule has 0 saturated carbocycles. The van der Waals surface area contributed by atoms with E-state index in [1.165, 1.54) is 4.90 Å². The number of guanidine groups is 1. The highest BCUT2D eigenvalue weighted by molar-refractivity contribution is 14.0. The second kappa shape index (κ2) is 11.6. The largest absolute Gasteiger partial charge is 0.497 e. The fourth-order valence-corrected chi connectivity index (χ4v) is 3.00. The number of nitrogens with zero attached hydrogens (tertiary/aromatic N) is 2. The minimum absolute atomic E-state index is 0. The van der Waals surface area contributed by atoms with E-state index in [1.807, 2.05) is 31.2 Å². The molecule has 27 heavy (non-hydrogen) atoms. The number of likely N-dealkylation sites (tertiary alicyclic amines) is 1. The Morgan fingerprint density at radius 1 is 1.33 bits per heavy atom. The lowest BCUT2D eigenvalue weighted by atomic mass is 10.1. The molecule has 1 aromatic carbocycles. The van der Waals surface area contributed by atoms with Crippen molar-refractivity contribution in [3.63, 3.8) is 0 Å². The van der Waals surface area contributed by atoms with Gasteiger partial charge in [0.2, 0.25) is 0 Å². The highest BCUT2D eigenvalue weighted by atomic mass is 127. The van der Waals surface area contributed by atoms with Gasteiger partial charge >= 0.3 is 6.18 Å². The maximum Gasteiger partial charge on any atom is 0.401 e. The van der Waals surface area contributed by atoms with Gasteiger partial charge in [-0.2, -0.15) is 13.2 Å². The van der Waals surface area contributed by atoms with E-state index in [1.54, 1.807) is 7.11 Å². The topological polar surface area (TPSA) is 48.9 Å². The summed E-state index contributed by atoms with van der Waals surface area (Å²) in [4.78, 5) is 6.01. The van der Waals surface area contributed by atoms with Gasteiger partial charge in [-0.25, -0.2) is 4.99 Å². The molecule has 0 aliphatic carbocycles. The summed E-state index contributed by atoms with van der Waals surface area (Å²) in [6.07, 6.45) is -3.37. The van der Waals surface area contributed by atoms with Crippen LogP contribution >= 0.6 is 24.0 Å². The minimum atomic E-state index is -4.13. The Hall–Kier alpha value is -1.23. The number of nitrogens with one attached hydrogen (secondary N) is 2. The molecule has 1 saturated heterocycles. The molecule has 0 spiro atoms. The Bertz CT molecular complexity index is 598. The van der Waals surface area contributed by atoms with E-state index < -0.39 is 12.7 Å². The molecule has 1 atom stereocenters. The number of ether oxygens (including phenoxy) is 1. The highest BCUT2D eigenvalue weighted by Gasteiger charge is 2.34. The first kappa shape index (κ1) is 23.8. The zero-order chi connectivity index (χ0) is 19.0. The number of halogens is 4. The standard InChI is InChI=1S/C18H27F3N4O.HI/c1-3-22-17(23-10-14-5-4-6-16(9-14)26-2)24-11-15-7-8-25(12-15)13-18(19,20)21;/h4-6,9,15H,3,7-8,10-13H2,1-2H3,(H2,22,23,24);1H. The Labute approximate surface area is 175 Å². The van der Waals surface area contributed by atoms with Gasteiger partial charge < -0.3 is 15.4 Å². The van der Waals surface area contributed by atoms with Crippen LogP contribution in [0.5, 0.6) is 5.75 Å². The molecule has 0 bridgehead atoms. The third-order valence-electron chi connectivity index (χ3n) is 4.23. The van der Waals surface area contributed by atoms with Crippen molar-refractivity contribution in [3.8, 4) is 5.75 Å². The van der Waals surface area contributed by atoms with Crippen LogP contribution in [0.1, 0.15) is 18.9 Å². The zero-order valence-electron chi connectivity index (χ0n) is 15.7. The number of alkyl halides is 3. The van der Waals surface area contributed by atoms with Crippen molar-refractivity contribution in [2.75, 3.05) is 39.8 Å². The van der Waals surface area contributed by atoms with E-state index in [4.69, 9.17) is 4.74 Å². The molecule has 1 heterocycles. The molecule has 0 aromatic heterocycles. The zero-order valence-corrected chi connectivity index (χ0v) is 18.0. The van der Waals surface area contributed by atoms with E-state index in [2.05, 4.69) is 15.6 Å². The molecule has 1 unspecified atom stereocenters.